The molecule has 1 aromatic rings. The molecule has 0 aromatic heterocycles. The summed E-state index contributed by atoms with van der Waals surface area (Å²) in [5.41, 5.74) is 4.51. The van der Waals surface area contributed by atoms with Crippen LogP contribution in [0.2, 0.25) is 19.6 Å². The van der Waals surface area contributed by atoms with E-state index in [0.29, 0.717) is 28.9 Å². The van der Waals surface area contributed by atoms with E-state index in [4.69, 9.17) is 9.47 Å². The second-order valence-electron chi connectivity index (χ2n) is 5.74. The third kappa shape index (κ3) is 2.56. The van der Waals surface area contributed by atoms with Crippen LogP contribution in [0, 0.1) is 0 Å². The molecule has 0 saturated heterocycles. The summed E-state index contributed by atoms with van der Waals surface area (Å²) in [6.45, 7) is 6.83. The van der Waals surface area contributed by atoms with Crippen LogP contribution in [0.4, 0.5) is 0 Å². The van der Waals surface area contributed by atoms with Crippen LogP contribution in [-0.2, 0) is 6.54 Å². The Labute approximate surface area is 120 Å². The van der Waals surface area contributed by atoms with E-state index in [1.807, 2.05) is 6.07 Å². The first-order chi connectivity index (χ1) is 9.38. The first-order valence-electron chi connectivity index (χ1n) is 6.49. The van der Waals surface area contributed by atoms with Gasteiger partial charge in [-0.1, -0.05) is 19.6 Å². The van der Waals surface area contributed by atoms with Crippen molar-refractivity contribution in [1.29, 1.82) is 0 Å². The van der Waals surface area contributed by atoms with Gasteiger partial charge in [-0.2, -0.15) is 5.10 Å². The Morgan fingerprint density at radius 3 is 2.30 bits per heavy atom. The molecule has 1 aliphatic heterocycles. The van der Waals surface area contributed by atoms with Crippen molar-refractivity contribution < 1.29 is 14.3 Å². The normalized spacial score (nSPS) is 14.8. The van der Waals surface area contributed by atoms with Crippen LogP contribution in [0.15, 0.2) is 17.2 Å². The predicted molar refractivity (Wildman–Crippen MR) is 81.5 cm³/mol. The Balaban J connectivity index is 2.56. The van der Waals surface area contributed by atoms with Crippen molar-refractivity contribution in [3.8, 4) is 11.5 Å². The lowest BCUT2D eigenvalue weighted by molar-refractivity contribution is 0.106. The summed E-state index contributed by atoms with van der Waals surface area (Å²) in [7, 11) is 1.35. The lowest BCUT2D eigenvalue weighted by Crippen LogP contribution is -2.40. The first kappa shape index (κ1) is 14.6. The summed E-state index contributed by atoms with van der Waals surface area (Å²) < 4.78 is 10.6. The van der Waals surface area contributed by atoms with Gasteiger partial charge in [0.2, 0.25) is 5.78 Å². The van der Waals surface area contributed by atoms with Crippen molar-refractivity contribution >= 4 is 19.2 Å². The molecule has 0 aliphatic carbocycles. The zero-order chi connectivity index (χ0) is 14.9. The van der Waals surface area contributed by atoms with Crippen molar-refractivity contribution in [1.82, 2.24) is 5.43 Å². The van der Waals surface area contributed by atoms with Crippen LogP contribution in [-0.4, -0.2) is 33.4 Å². The highest BCUT2D eigenvalue weighted by Gasteiger charge is 2.32. The van der Waals surface area contributed by atoms with Gasteiger partial charge >= 0.3 is 0 Å². The molecule has 108 valence electrons. The molecule has 5 nitrogen and oxygen atoms in total. The van der Waals surface area contributed by atoms with Gasteiger partial charge in [-0.25, -0.2) is 0 Å². The maximum Gasteiger partial charge on any atom is 0.204 e. The number of methoxy groups -OCH3 is 2. The maximum atomic E-state index is 12.7. The van der Waals surface area contributed by atoms with Gasteiger partial charge in [0.1, 0.15) is 8.07 Å². The minimum atomic E-state index is -1.80. The summed E-state index contributed by atoms with van der Waals surface area (Å²) in [6.07, 6.45) is 0. The second kappa shape index (κ2) is 5.28. The molecule has 0 saturated carbocycles. The number of nitrogens with zero attached hydrogens (tertiary/aromatic N) is 1. The molecule has 1 N–H and O–H groups in total. The van der Waals surface area contributed by atoms with Gasteiger partial charge in [0.05, 0.1) is 26.1 Å². The summed E-state index contributed by atoms with van der Waals surface area (Å²) in [4.78, 5) is 12.7. The standard InChI is InChI=1S/C14H20N2O3Si/c1-18-11-6-9-8-15-16-14(20(3,4)5)13(17)10(9)7-12(11)19-2/h6-7,15H,8H2,1-5H3. The highest BCUT2D eigenvalue weighted by atomic mass is 28.3. The molecular formula is C14H20N2O3Si. The van der Waals surface area contributed by atoms with Gasteiger partial charge in [0, 0.05) is 5.56 Å². The molecule has 0 atom stereocenters. The van der Waals surface area contributed by atoms with Crippen LogP contribution < -0.4 is 14.9 Å². The molecule has 0 bridgehead atoms. The second-order valence-corrected chi connectivity index (χ2v) is 10.7. The van der Waals surface area contributed by atoms with E-state index in [2.05, 4.69) is 30.2 Å². The third-order valence-electron chi connectivity index (χ3n) is 3.24. The fraction of sp³-hybridized carbons (Fsp3) is 0.429. The van der Waals surface area contributed by atoms with Gasteiger partial charge in [-0.3, -0.25) is 4.79 Å². The van der Waals surface area contributed by atoms with Gasteiger partial charge < -0.3 is 14.9 Å². The average molecular weight is 292 g/mol. The number of hydrazone groups is 1. The average Bonchev–Trinajstić information content (AvgIpc) is 2.56. The minimum absolute atomic E-state index is 0.00915. The van der Waals surface area contributed by atoms with Gasteiger partial charge in [-0.05, 0) is 17.7 Å². The molecule has 0 spiro atoms. The zero-order valence-corrected chi connectivity index (χ0v) is 13.5. The maximum absolute atomic E-state index is 12.7. The van der Waals surface area contributed by atoms with Crippen molar-refractivity contribution in [2.75, 3.05) is 14.2 Å². The number of ether oxygens (including phenoxy) is 2. The third-order valence-corrected chi connectivity index (χ3v) is 5.00. The monoisotopic (exact) mass is 292 g/mol. The molecule has 0 amide bonds. The van der Waals surface area contributed by atoms with Crippen molar-refractivity contribution in [3.63, 3.8) is 0 Å². The van der Waals surface area contributed by atoms with Gasteiger partial charge in [-0.15, -0.1) is 0 Å². The Kier molecular flexibility index (Phi) is 3.85. The topological polar surface area (TPSA) is 59.9 Å². The Morgan fingerprint density at radius 2 is 1.75 bits per heavy atom. The number of fused-ring (bicyclic) bond motifs is 1. The van der Waals surface area contributed by atoms with Crippen LogP contribution in [0.1, 0.15) is 15.9 Å². The van der Waals surface area contributed by atoms with Crippen LogP contribution in [0.3, 0.4) is 0 Å². The van der Waals surface area contributed by atoms with Crippen LogP contribution >= 0.6 is 0 Å². The molecule has 0 radical (unpaired) electrons. The number of hydrogen-bond donors (Lipinski definition) is 1. The number of benzene rings is 1. The molecule has 0 fully saturated rings. The van der Waals surface area contributed by atoms with Crippen LogP contribution in [0.25, 0.3) is 0 Å². The number of rotatable bonds is 3. The smallest absolute Gasteiger partial charge is 0.204 e. The zero-order valence-electron chi connectivity index (χ0n) is 12.5. The van der Waals surface area contributed by atoms with Crippen molar-refractivity contribution in [3.05, 3.63) is 23.3 Å². The lowest BCUT2D eigenvalue weighted by Gasteiger charge is -2.17. The number of Topliss-reactive ketones (excluding diaryl/α,β-unsaturated/α-hetero) is 1. The molecule has 1 aliphatic rings. The molecule has 20 heavy (non-hydrogen) atoms. The van der Waals surface area contributed by atoms with Gasteiger partial charge in [0.15, 0.2) is 11.5 Å². The van der Waals surface area contributed by atoms with Crippen LogP contribution in [0.5, 0.6) is 11.5 Å². The number of hydrogen-bond acceptors (Lipinski definition) is 5. The number of nitrogens with one attached hydrogen (secondary N) is 1. The van der Waals surface area contributed by atoms with E-state index < -0.39 is 8.07 Å². The lowest BCUT2D eigenvalue weighted by atomic mass is 10.0. The molecule has 2 rings (SSSR count). The van der Waals surface area contributed by atoms with Crippen molar-refractivity contribution in [2.24, 2.45) is 5.10 Å². The van der Waals surface area contributed by atoms with E-state index in [9.17, 15) is 4.79 Å². The summed E-state index contributed by atoms with van der Waals surface area (Å²) >= 11 is 0. The molecule has 1 aromatic carbocycles. The molecule has 6 heteroatoms. The number of carbonyl (C=O) groups is 1. The quantitative estimate of drug-likeness (QED) is 0.868. The van der Waals surface area contributed by atoms with E-state index in [1.54, 1.807) is 20.3 Å². The SMILES string of the molecule is COc1cc2c(cc1OC)C(=O)C([Si](C)(C)C)=NNC2. The fourth-order valence-electron chi connectivity index (χ4n) is 2.17. The summed E-state index contributed by atoms with van der Waals surface area (Å²) in [5.74, 6) is 1.18. The fourth-order valence-corrected chi connectivity index (χ4v) is 3.40. The number of carbonyl (C=O) groups excluding carboxylic acids is 1. The first-order valence-corrected chi connectivity index (χ1v) is 9.99. The summed E-state index contributed by atoms with van der Waals surface area (Å²) in [5, 5.41) is 4.95. The Hall–Kier alpha value is -1.82. The summed E-state index contributed by atoms with van der Waals surface area (Å²) in [6, 6.07) is 3.58. The highest BCUT2D eigenvalue weighted by Crippen LogP contribution is 2.32. The van der Waals surface area contributed by atoms with E-state index >= 15 is 0 Å². The van der Waals surface area contributed by atoms with E-state index in [-0.39, 0.29) is 5.78 Å². The number of ketones is 1. The Bertz CT molecular complexity index is 577. The molecular weight excluding hydrogens is 272 g/mol. The largest absolute Gasteiger partial charge is 0.493 e. The van der Waals surface area contributed by atoms with E-state index in [1.165, 1.54) is 0 Å². The van der Waals surface area contributed by atoms with Gasteiger partial charge in [0.25, 0.3) is 0 Å². The van der Waals surface area contributed by atoms with Crippen molar-refractivity contribution in [2.45, 2.75) is 26.2 Å². The molecule has 0 unspecified atom stereocenters. The predicted octanol–water partition coefficient (Wildman–Crippen LogP) is 2.22. The highest BCUT2D eigenvalue weighted by molar-refractivity contribution is 7.13. The minimum Gasteiger partial charge on any atom is -0.493 e. The Morgan fingerprint density at radius 1 is 1.15 bits per heavy atom. The molecule has 1 heterocycles. The van der Waals surface area contributed by atoms with E-state index in [0.717, 1.165) is 5.56 Å².